The molecule has 0 saturated heterocycles. The molecule has 0 bridgehead atoms. The molecule has 0 radical (unpaired) electrons. The third-order valence-electron chi connectivity index (χ3n) is 4.32. The smallest absolute Gasteiger partial charge is 0.235 e. The van der Waals surface area contributed by atoms with Crippen molar-refractivity contribution in [2.45, 2.75) is 31.1 Å². The van der Waals surface area contributed by atoms with Gasteiger partial charge in [0.2, 0.25) is 5.92 Å². The van der Waals surface area contributed by atoms with E-state index in [1.165, 1.54) is 0 Å². The minimum absolute atomic E-state index is 0.0394. The first-order chi connectivity index (χ1) is 9.03. The second-order valence-corrected chi connectivity index (χ2v) is 6.04. The third-order valence-corrected chi connectivity index (χ3v) is 4.51. The van der Waals surface area contributed by atoms with E-state index in [1.54, 1.807) is 16.9 Å². The van der Waals surface area contributed by atoms with E-state index in [0.717, 1.165) is 17.6 Å². The van der Waals surface area contributed by atoms with Gasteiger partial charge >= 0.3 is 0 Å². The number of nitrogens with zero attached hydrogens (tertiary/aromatic N) is 3. The molecule has 0 unspecified atom stereocenters. The van der Waals surface area contributed by atoms with Crippen molar-refractivity contribution in [3.05, 3.63) is 29.2 Å². The van der Waals surface area contributed by atoms with Gasteiger partial charge in [-0.3, -0.25) is 0 Å². The molecule has 19 heavy (non-hydrogen) atoms. The van der Waals surface area contributed by atoms with Crippen LogP contribution < -0.4 is 0 Å². The quantitative estimate of drug-likeness (QED) is 0.844. The van der Waals surface area contributed by atoms with Crippen molar-refractivity contribution in [1.29, 1.82) is 0 Å². The first-order valence-electron chi connectivity index (χ1n) is 6.41. The van der Waals surface area contributed by atoms with Gasteiger partial charge in [0.1, 0.15) is 5.15 Å². The summed E-state index contributed by atoms with van der Waals surface area (Å²) in [5.74, 6) is -1.61. The molecule has 0 N–H and O–H groups in total. The monoisotopic (exact) mass is 283 g/mol. The lowest BCUT2D eigenvalue weighted by atomic mass is 9.77. The molecule has 2 aromatic rings. The fraction of sp³-hybridized carbons (Fsp3) is 0.538. The van der Waals surface area contributed by atoms with Crippen LogP contribution in [0.3, 0.4) is 0 Å². The molecule has 2 heterocycles. The summed E-state index contributed by atoms with van der Waals surface area (Å²) in [5, 5.41) is 4.55. The maximum atomic E-state index is 12.9. The normalized spacial score (nSPS) is 29.4. The highest BCUT2D eigenvalue weighted by molar-refractivity contribution is 6.29. The van der Waals surface area contributed by atoms with Crippen LogP contribution in [0.4, 0.5) is 8.78 Å². The summed E-state index contributed by atoms with van der Waals surface area (Å²) in [5.41, 5.74) is 1.84. The molecule has 0 aliphatic heterocycles. The Morgan fingerprint density at radius 3 is 2.89 bits per heavy atom. The molecule has 2 aliphatic rings. The molecule has 2 aromatic heterocycles. The lowest BCUT2D eigenvalue weighted by molar-refractivity contribution is -0.116. The van der Waals surface area contributed by atoms with Crippen LogP contribution in [0.25, 0.3) is 5.65 Å². The fourth-order valence-electron chi connectivity index (χ4n) is 3.29. The zero-order valence-corrected chi connectivity index (χ0v) is 10.8. The van der Waals surface area contributed by atoms with Crippen LogP contribution in [0.5, 0.6) is 0 Å². The Morgan fingerprint density at radius 1 is 1.37 bits per heavy atom. The van der Waals surface area contributed by atoms with E-state index in [1.807, 2.05) is 6.07 Å². The zero-order chi connectivity index (χ0) is 13.2. The molecule has 0 amide bonds. The van der Waals surface area contributed by atoms with Crippen LogP contribution in [0.1, 0.15) is 30.7 Å². The van der Waals surface area contributed by atoms with E-state index in [9.17, 15) is 8.78 Å². The summed E-state index contributed by atoms with van der Waals surface area (Å²) < 4.78 is 27.5. The molecule has 0 aromatic carbocycles. The SMILES string of the molecule is FC1(F)CC([C@H]2C[C@@H]2c2cc(Cl)nn3ccnc23)C1. The Balaban J connectivity index is 1.61. The fourth-order valence-corrected chi connectivity index (χ4v) is 3.48. The highest BCUT2D eigenvalue weighted by Gasteiger charge is 2.55. The Bertz CT molecular complexity index is 646. The summed E-state index contributed by atoms with van der Waals surface area (Å²) in [6, 6.07) is 1.82. The van der Waals surface area contributed by atoms with Gasteiger partial charge in [-0.05, 0) is 30.2 Å². The van der Waals surface area contributed by atoms with Gasteiger partial charge < -0.3 is 0 Å². The second-order valence-electron chi connectivity index (χ2n) is 5.65. The minimum atomic E-state index is -2.43. The van der Waals surface area contributed by atoms with Crippen molar-refractivity contribution in [2.75, 3.05) is 0 Å². The Kier molecular flexibility index (Phi) is 2.23. The predicted octanol–water partition coefficient (Wildman–Crippen LogP) is 3.53. The van der Waals surface area contributed by atoms with E-state index in [-0.39, 0.29) is 18.8 Å². The molecule has 2 fully saturated rings. The largest absolute Gasteiger partial charge is 0.248 e. The molecule has 2 saturated carbocycles. The maximum absolute atomic E-state index is 12.9. The first kappa shape index (κ1) is 11.6. The molecular formula is C13H12ClF2N3. The van der Waals surface area contributed by atoms with Crippen LogP contribution in [-0.2, 0) is 0 Å². The predicted molar refractivity (Wildman–Crippen MR) is 66.5 cm³/mol. The van der Waals surface area contributed by atoms with Gasteiger partial charge in [0.05, 0.1) is 0 Å². The molecule has 2 aliphatic carbocycles. The van der Waals surface area contributed by atoms with Gasteiger partial charge in [0, 0.05) is 30.8 Å². The summed E-state index contributed by atoms with van der Waals surface area (Å²) in [6.45, 7) is 0. The molecule has 0 spiro atoms. The zero-order valence-electron chi connectivity index (χ0n) is 10.1. The van der Waals surface area contributed by atoms with Crippen molar-refractivity contribution in [3.8, 4) is 0 Å². The van der Waals surface area contributed by atoms with E-state index >= 15 is 0 Å². The van der Waals surface area contributed by atoms with Crippen molar-refractivity contribution >= 4 is 17.2 Å². The highest BCUT2D eigenvalue weighted by Crippen LogP contribution is 2.61. The Labute approximate surface area is 113 Å². The number of aromatic nitrogens is 3. The standard InChI is InChI=1S/C13H12ClF2N3/c14-11-4-10(12-17-1-2-19(12)18-11)9-3-8(9)7-5-13(15,16)6-7/h1-2,4,7-9H,3,5-6H2/t8-,9+/m1/s1. The van der Waals surface area contributed by atoms with Crippen LogP contribution >= 0.6 is 11.6 Å². The van der Waals surface area contributed by atoms with E-state index < -0.39 is 5.92 Å². The van der Waals surface area contributed by atoms with Gasteiger partial charge in [-0.2, -0.15) is 5.10 Å². The molecular weight excluding hydrogens is 272 g/mol. The third kappa shape index (κ3) is 1.83. The van der Waals surface area contributed by atoms with Gasteiger partial charge in [-0.15, -0.1) is 0 Å². The lowest BCUT2D eigenvalue weighted by Gasteiger charge is -2.35. The number of hydrogen-bond donors (Lipinski definition) is 0. The van der Waals surface area contributed by atoms with Gasteiger partial charge in [-0.25, -0.2) is 18.3 Å². The van der Waals surface area contributed by atoms with Gasteiger partial charge in [-0.1, -0.05) is 11.6 Å². The van der Waals surface area contributed by atoms with E-state index in [4.69, 9.17) is 11.6 Å². The van der Waals surface area contributed by atoms with Crippen molar-refractivity contribution in [2.24, 2.45) is 11.8 Å². The molecule has 100 valence electrons. The second kappa shape index (κ2) is 3.66. The lowest BCUT2D eigenvalue weighted by Crippen LogP contribution is -2.36. The molecule has 3 nitrogen and oxygen atoms in total. The number of halogens is 3. The number of alkyl halides is 2. The number of imidazole rings is 1. The van der Waals surface area contributed by atoms with Crippen LogP contribution in [0, 0.1) is 11.8 Å². The van der Waals surface area contributed by atoms with E-state index in [0.29, 0.717) is 17.0 Å². The number of hydrogen-bond acceptors (Lipinski definition) is 2. The molecule has 2 atom stereocenters. The number of rotatable bonds is 2. The topological polar surface area (TPSA) is 30.2 Å². The van der Waals surface area contributed by atoms with Crippen LogP contribution in [0.15, 0.2) is 18.5 Å². The van der Waals surface area contributed by atoms with Gasteiger partial charge in [0.25, 0.3) is 0 Å². The average Bonchev–Trinajstić information content (AvgIpc) is 2.95. The highest BCUT2D eigenvalue weighted by atomic mass is 35.5. The van der Waals surface area contributed by atoms with Crippen molar-refractivity contribution in [3.63, 3.8) is 0 Å². The molecule has 4 rings (SSSR count). The van der Waals surface area contributed by atoms with Crippen molar-refractivity contribution < 1.29 is 8.78 Å². The summed E-state index contributed by atoms with van der Waals surface area (Å²) >= 11 is 5.99. The summed E-state index contributed by atoms with van der Waals surface area (Å²) in [4.78, 5) is 4.28. The van der Waals surface area contributed by atoms with Crippen LogP contribution in [0.2, 0.25) is 5.15 Å². The summed E-state index contributed by atoms with van der Waals surface area (Å²) in [7, 11) is 0. The van der Waals surface area contributed by atoms with Crippen molar-refractivity contribution in [1.82, 2.24) is 14.6 Å². The average molecular weight is 284 g/mol. The number of fused-ring (bicyclic) bond motifs is 1. The maximum Gasteiger partial charge on any atom is 0.248 e. The van der Waals surface area contributed by atoms with Crippen LogP contribution in [-0.4, -0.2) is 20.5 Å². The minimum Gasteiger partial charge on any atom is -0.235 e. The molecule has 6 heteroatoms. The van der Waals surface area contributed by atoms with E-state index in [2.05, 4.69) is 10.1 Å². The summed E-state index contributed by atoms with van der Waals surface area (Å²) in [6.07, 6.45) is 4.47. The Morgan fingerprint density at radius 2 is 2.16 bits per heavy atom. The first-order valence-corrected chi connectivity index (χ1v) is 6.79. The Hall–Kier alpha value is -1.23. The van der Waals surface area contributed by atoms with Gasteiger partial charge in [0.15, 0.2) is 5.65 Å².